The highest BCUT2D eigenvalue weighted by Crippen LogP contribution is 2.24. The van der Waals surface area contributed by atoms with Crippen LogP contribution in [-0.2, 0) is 4.79 Å². The topological polar surface area (TPSA) is 60.0 Å². The zero-order chi connectivity index (χ0) is 21.5. The van der Waals surface area contributed by atoms with Crippen molar-refractivity contribution < 1.29 is 13.6 Å². The number of carbonyl (C=O) groups is 1. The lowest BCUT2D eigenvalue weighted by Gasteiger charge is -2.30. The number of aliphatic imine (C=N–C) groups is 1. The number of hydrogen-bond donors (Lipinski definition) is 2. The van der Waals surface area contributed by atoms with Gasteiger partial charge in [-0.05, 0) is 44.2 Å². The van der Waals surface area contributed by atoms with Crippen LogP contribution in [0, 0.1) is 17.6 Å². The van der Waals surface area contributed by atoms with E-state index in [0.29, 0.717) is 50.2 Å². The Morgan fingerprint density at radius 1 is 1.23 bits per heavy atom. The molecule has 6 nitrogen and oxygen atoms in total. The molecule has 2 atom stereocenters. The van der Waals surface area contributed by atoms with Crippen LogP contribution in [0.4, 0.5) is 14.5 Å². The third-order valence-electron chi connectivity index (χ3n) is 5.73. The SMILES string of the molecule is CCNC(=NCCC(=O)N1CCCC(C)C1)NC1CCN(c2ccc(F)cc2F)C1.I. The number of halogens is 3. The van der Waals surface area contributed by atoms with Crippen LogP contribution in [-0.4, -0.2) is 62.1 Å². The number of likely N-dealkylation sites (tertiary alicyclic amines) is 1. The third-order valence-corrected chi connectivity index (χ3v) is 5.73. The van der Waals surface area contributed by atoms with Crippen LogP contribution in [0.5, 0.6) is 0 Å². The lowest BCUT2D eigenvalue weighted by atomic mass is 10.00. The van der Waals surface area contributed by atoms with E-state index in [0.717, 1.165) is 32.0 Å². The summed E-state index contributed by atoms with van der Waals surface area (Å²) in [7, 11) is 0. The van der Waals surface area contributed by atoms with Gasteiger partial charge in [-0.1, -0.05) is 6.92 Å². The summed E-state index contributed by atoms with van der Waals surface area (Å²) in [6.07, 6.45) is 3.50. The fourth-order valence-electron chi connectivity index (χ4n) is 4.19. The molecule has 0 spiro atoms. The molecule has 0 aliphatic carbocycles. The number of nitrogens with one attached hydrogen (secondary N) is 2. The van der Waals surface area contributed by atoms with Gasteiger partial charge in [-0.2, -0.15) is 0 Å². The Morgan fingerprint density at radius 2 is 2.03 bits per heavy atom. The summed E-state index contributed by atoms with van der Waals surface area (Å²) in [6, 6.07) is 3.79. The Balaban J connectivity index is 0.00000341. The first-order valence-electron chi connectivity index (χ1n) is 11.0. The van der Waals surface area contributed by atoms with Crippen molar-refractivity contribution in [2.75, 3.05) is 44.2 Å². The summed E-state index contributed by atoms with van der Waals surface area (Å²) in [5, 5.41) is 6.60. The molecule has 1 aromatic rings. The molecular weight excluding hydrogens is 515 g/mol. The Kier molecular flexibility index (Phi) is 10.2. The van der Waals surface area contributed by atoms with Crippen molar-refractivity contribution in [1.29, 1.82) is 0 Å². The molecule has 0 bridgehead atoms. The fraction of sp³-hybridized carbons (Fsp3) is 0.636. The molecule has 2 aliphatic heterocycles. The molecule has 0 radical (unpaired) electrons. The number of nitrogens with zero attached hydrogens (tertiary/aromatic N) is 3. The van der Waals surface area contributed by atoms with Gasteiger partial charge >= 0.3 is 0 Å². The van der Waals surface area contributed by atoms with Crippen LogP contribution >= 0.6 is 24.0 Å². The summed E-state index contributed by atoms with van der Waals surface area (Å²) in [5.74, 6) is 0.298. The number of benzene rings is 1. The van der Waals surface area contributed by atoms with Gasteiger partial charge in [-0.3, -0.25) is 9.79 Å². The summed E-state index contributed by atoms with van der Waals surface area (Å²) < 4.78 is 27.2. The lowest BCUT2D eigenvalue weighted by molar-refractivity contribution is -0.132. The van der Waals surface area contributed by atoms with Crippen LogP contribution in [0.25, 0.3) is 0 Å². The van der Waals surface area contributed by atoms with Crippen LogP contribution in [0.1, 0.15) is 39.5 Å². The normalized spacial score (nSPS) is 21.6. The number of piperidine rings is 1. The minimum absolute atomic E-state index is 0. The minimum atomic E-state index is -0.569. The Morgan fingerprint density at radius 3 is 2.74 bits per heavy atom. The van der Waals surface area contributed by atoms with E-state index in [9.17, 15) is 13.6 Å². The number of anilines is 1. The van der Waals surface area contributed by atoms with Crippen LogP contribution in [0.15, 0.2) is 23.2 Å². The van der Waals surface area contributed by atoms with Gasteiger partial charge in [-0.15, -0.1) is 24.0 Å². The standard InChI is InChI=1S/C22H33F2N5O.HI/c1-3-25-22(26-10-8-21(30)29-11-4-5-16(2)14-29)27-18-9-12-28(15-18)20-7-6-17(23)13-19(20)24;/h6-7,13,16,18H,3-5,8-12,14-15H2,1-2H3,(H2,25,26,27);1H. The van der Waals surface area contributed by atoms with Crippen molar-refractivity contribution in [1.82, 2.24) is 15.5 Å². The fourth-order valence-corrected chi connectivity index (χ4v) is 4.19. The lowest BCUT2D eigenvalue weighted by Crippen LogP contribution is -2.45. The maximum atomic E-state index is 14.1. The molecule has 0 aromatic heterocycles. The summed E-state index contributed by atoms with van der Waals surface area (Å²) >= 11 is 0. The Bertz CT molecular complexity index is 763. The number of carbonyl (C=O) groups excluding carboxylic acids is 1. The second kappa shape index (κ2) is 12.4. The molecule has 3 rings (SSSR count). The van der Waals surface area contributed by atoms with Gasteiger partial charge in [0.05, 0.1) is 12.2 Å². The van der Waals surface area contributed by atoms with Gasteiger partial charge in [0.15, 0.2) is 5.96 Å². The van der Waals surface area contributed by atoms with Crippen molar-refractivity contribution in [2.24, 2.45) is 10.9 Å². The second-order valence-electron chi connectivity index (χ2n) is 8.27. The van der Waals surface area contributed by atoms with Crippen LogP contribution in [0.2, 0.25) is 0 Å². The van der Waals surface area contributed by atoms with E-state index in [1.54, 1.807) is 0 Å². The molecule has 1 aromatic carbocycles. The zero-order valence-corrected chi connectivity index (χ0v) is 20.7. The van der Waals surface area contributed by atoms with Crippen molar-refractivity contribution in [3.63, 3.8) is 0 Å². The van der Waals surface area contributed by atoms with E-state index in [2.05, 4.69) is 22.5 Å². The zero-order valence-electron chi connectivity index (χ0n) is 18.4. The first-order valence-corrected chi connectivity index (χ1v) is 11.0. The van der Waals surface area contributed by atoms with Gasteiger partial charge in [0, 0.05) is 51.3 Å². The van der Waals surface area contributed by atoms with Crippen molar-refractivity contribution in [2.45, 2.75) is 45.6 Å². The molecule has 2 unspecified atom stereocenters. The minimum Gasteiger partial charge on any atom is -0.367 e. The number of guanidine groups is 1. The van der Waals surface area contributed by atoms with Gasteiger partial charge in [0.2, 0.25) is 5.91 Å². The second-order valence-corrected chi connectivity index (χ2v) is 8.27. The Labute approximate surface area is 200 Å². The first kappa shape index (κ1) is 25.6. The van der Waals surface area contributed by atoms with E-state index in [4.69, 9.17) is 0 Å². The average Bonchev–Trinajstić information content (AvgIpc) is 3.16. The third kappa shape index (κ3) is 7.47. The monoisotopic (exact) mass is 549 g/mol. The predicted octanol–water partition coefficient (Wildman–Crippen LogP) is 3.37. The van der Waals surface area contributed by atoms with E-state index < -0.39 is 11.6 Å². The van der Waals surface area contributed by atoms with E-state index in [1.165, 1.54) is 18.6 Å². The average molecular weight is 549 g/mol. The maximum absolute atomic E-state index is 14.1. The quantitative estimate of drug-likeness (QED) is 0.325. The molecule has 1 amide bonds. The molecule has 31 heavy (non-hydrogen) atoms. The first-order chi connectivity index (χ1) is 14.5. The van der Waals surface area contributed by atoms with Crippen molar-refractivity contribution in [3.8, 4) is 0 Å². The number of amides is 1. The Hall–Kier alpha value is -1.65. The maximum Gasteiger partial charge on any atom is 0.224 e. The highest BCUT2D eigenvalue weighted by Gasteiger charge is 2.25. The number of hydrogen-bond acceptors (Lipinski definition) is 3. The van der Waals surface area contributed by atoms with Gasteiger partial charge in [0.1, 0.15) is 11.6 Å². The van der Waals surface area contributed by atoms with Gasteiger partial charge in [-0.25, -0.2) is 8.78 Å². The van der Waals surface area contributed by atoms with Gasteiger partial charge in [0.25, 0.3) is 0 Å². The molecule has 9 heteroatoms. The molecule has 2 fully saturated rings. The molecule has 0 saturated carbocycles. The molecular formula is C22H34F2IN5O. The van der Waals surface area contributed by atoms with Gasteiger partial charge < -0.3 is 20.4 Å². The predicted molar refractivity (Wildman–Crippen MR) is 131 cm³/mol. The summed E-state index contributed by atoms with van der Waals surface area (Å²) in [5.41, 5.74) is 0.420. The van der Waals surface area contributed by atoms with Crippen LogP contribution in [0.3, 0.4) is 0 Å². The smallest absolute Gasteiger partial charge is 0.224 e. The molecule has 2 saturated heterocycles. The van der Waals surface area contributed by atoms with Crippen molar-refractivity contribution in [3.05, 3.63) is 29.8 Å². The summed E-state index contributed by atoms with van der Waals surface area (Å²) in [6.45, 7) is 8.32. The molecule has 174 valence electrons. The highest BCUT2D eigenvalue weighted by atomic mass is 127. The van der Waals surface area contributed by atoms with Crippen LogP contribution < -0.4 is 15.5 Å². The highest BCUT2D eigenvalue weighted by molar-refractivity contribution is 14.0. The van der Waals surface area contributed by atoms with E-state index in [1.807, 2.05) is 16.7 Å². The molecule has 2 N–H and O–H groups in total. The largest absolute Gasteiger partial charge is 0.367 e. The van der Waals surface area contributed by atoms with E-state index in [-0.39, 0.29) is 35.9 Å². The molecule has 2 aliphatic rings. The van der Waals surface area contributed by atoms with Crippen molar-refractivity contribution >= 4 is 41.5 Å². The molecule has 2 heterocycles. The van der Waals surface area contributed by atoms with E-state index >= 15 is 0 Å². The summed E-state index contributed by atoms with van der Waals surface area (Å²) in [4.78, 5) is 20.9. The number of rotatable bonds is 6.